The fraction of sp³-hybridized carbons (Fsp3) is 0.622. The van der Waals surface area contributed by atoms with Crippen molar-refractivity contribution in [3.8, 4) is 0 Å². The minimum Gasteiger partial charge on any atom is -0.481 e. The SMILES string of the molecule is CSCC[C@H](NC(=O)[C@H](Cc1ccccc1)NC(=O)[C@@H](NC(=O)[C@@H](N)CC(=O)O)C(C)C)C(=O)N[C@@H](CCCCN)C(=O)NCC(=O)N[C@@H](CC(C)C)C(=O)O. The van der Waals surface area contributed by atoms with E-state index in [4.69, 9.17) is 16.6 Å². The van der Waals surface area contributed by atoms with Gasteiger partial charge in [-0.1, -0.05) is 58.0 Å². The molecule has 0 saturated heterocycles. The fourth-order valence-corrected chi connectivity index (χ4v) is 5.91. The van der Waals surface area contributed by atoms with E-state index in [9.17, 15) is 43.5 Å². The van der Waals surface area contributed by atoms with Crippen molar-refractivity contribution in [2.75, 3.05) is 25.1 Å². The first-order valence-electron chi connectivity index (χ1n) is 18.6. The average molecular weight is 809 g/mol. The van der Waals surface area contributed by atoms with Crippen LogP contribution >= 0.6 is 11.8 Å². The van der Waals surface area contributed by atoms with E-state index in [2.05, 4.69) is 31.9 Å². The quantitative estimate of drug-likeness (QED) is 0.0490. The van der Waals surface area contributed by atoms with Crippen molar-refractivity contribution >= 4 is 59.1 Å². The molecule has 1 aromatic rings. The Morgan fingerprint density at radius 2 is 1.30 bits per heavy atom. The molecule has 0 aliphatic carbocycles. The molecule has 314 valence electrons. The van der Waals surface area contributed by atoms with Gasteiger partial charge in [-0.05, 0) is 68.1 Å². The highest BCUT2D eigenvalue weighted by Crippen LogP contribution is 2.10. The standard InChI is InChI=1S/C37H60N8O10S/c1-21(2)17-28(37(54)55)41-29(46)20-40-33(50)25(13-9-10-15-38)42-34(51)26(14-16-56-5)43-35(52)27(18-23-11-7-6-8-12-23)44-36(53)31(22(3)4)45-32(49)24(39)19-30(47)48/h6-8,11-12,21-22,24-28,31H,9-10,13-20,38-39H2,1-5H3,(H,40,50)(H,41,46)(H,42,51)(H,43,52)(H,44,53)(H,45,49)(H,47,48)(H,54,55)/t24-,25-,26-,27-,28-,31-/m0/s1. The highest BCUT2D eigenvalue weighted by atomic mass is 32.2. The lowest BCUT2D eigenvalue weighted by atomic mass is 10.00. The van der Waals surface area contributed by atoms with E-state index in [-0.39, 0.29) is 31.6 Å². The molecule has 0 unspecified atom stereocenters. The Morgan fingerprint density at radius 3 is 1.84 bits per heavy atom. The van der Waals surface area contributed by atoms with Gasteiger partial charge in [0.15, 0.2) is 0 Å². The van der Waals surface area contributed by atoms with Crippen LogP contribution in [0.5, 0.6) is 0 Å². The zero-order valence-corrected chi connectivity index (χ0v) is 33.6. The van der Waals surface area contributed by atoms with E-state index in [1.807, 2.05) is 20.1 Å². The lowest BCUT2D eigenvalue weighted by Gasteiger charge is -2.28. The summed E-state index contributed by atoms with van der Waals surface area (Å²) in [6.45, 7) is 6.70. The number of amides is 6. The number of hydrogen-bond donors (Lipinski definition) is 10. The lowest BCUT2D eigenvalue weighted by Crippen LogP contribution is -2.60. The molecular weight excluding hydrogens is 749 g/mol. The molecule has 6 atom stereocenters. The second-order valence-electron chi connectivity index (χ2n) is 14.2. The summed E-state index contributed by atoms with van der Waals surface area (Å²) in [5, 5.41) is 33.9. The maximum atomic E-state index is 14.0. The van der Waals surface area contributed by atoms with Crippen LogP contribution in [0.3, 0.4) is 0 Å². The number of benzene rings is 1. The van der Waals surface area contributed by atoms with Gasteiger partial charge >= 0.3 is 11.9 Å². The minimum atomic E-state index is -1.42. The number of unbranched alkanes of at least 4 members (excludes halogenated alkanes) is 1. The van der Waals surface area contributed by atoms with Gasteiger partial charge in [-0.15, -0.1) is 0 Å². The molecule has 56 heavy (non-hydrogen) atoms. The maximum absolute atomic E-state index is 14.0. The normalized spacial score (nSPS) is 14.3. The second-order valence-corrected chi connectivity index (χ2v) is 15.2. The van der Waals surface area contributed by atoms with Gasteiger partial charge in [0.1, 0.15) is 30.2 Å². The molecule has 0 fully saturated rings. The van der Waals surface area contributed by atoms with Crippen LogP contribution in [0.15, 0.2) is 30.3 Å². The van der Waals surface area contributed by atoms with Crippen molar-refractivity contribution in [2.45, 2.75) is 109 Å². The molecule has 0 bridgehead atoms. The first-order chi connectivity index (χ1) is 26.4. The van der Waals surface area contributed by atoms with E-state index in [0.29, 0.717) is 30.7 Å². The molecule has 0 heterocycles. The molecule has 1 aromatic carbocycles. The van der Waals surface area contributed by atoms with Crippen LogP contribution in [-0.4, -0.2) is 119 Å². The molecule has 12 N–H and O–H groups in total. The number of aliphatic carboxylic acids is 2. The number of hydrogen-bond acceptors (Lipinski definition) is 11. The summed E-state index contributed by atoms with van der Waals surface area (Å²) in [5.74, 6) is -7.04. The zero-order chi connectivity index (χ0) is 42.4. The topological polar surface area (TPSA) is 301 Å². The van der Waals surface area contributed by atoms with E-state index in [1.54, 1.807) is 44.2 Å². The van der Waals surface area contributed by atoms with E-state index in [1.165, 1.54) is 11.8 Å². The first kappa shape index (κ1) is 49.3. The van der Waals surface area contributed by atoms with Gasteiger partial charge in [0.05, 0.1) is 19.0 Å². The minimum absolute atomic E-state index is 0.00133. The maximum Gasteiger partial charge on any atom is 0.326 e. The van der Waals surface area contributed by atoms with Gasteiger partial charge in [-0.3, -0.25) is 33.6 Å². The van der Waals surface area contributed by atoms with Crippen LogP contribution in [0.4, 0.5) is 0 Å². The van der Waals surface area contributed by atoms with Crippen molar-refractivity contribution in [2.24, 2.45) is 23.3 Å². The molecule has 0 aliphatic rings. The summed E-state index contributed by atoms with van der Waals surface area (Å²) in [4.78, 5) is 102. The third-order valence-corrected chi connectivity index (χ3v) is 9.12. The van der Waals surface area contributed by atoms with Gasteiger partial charge in [0, 0.05) is 6.42 Å². The van der Waals surface area contributed by atoms with Crippen LogP contribution in [0, 0.1) is 11.8 Å². The number of rotatable bonds is 27. The predicted molar refractivity (Wildman–Crippen MR) is 211 cm³/mol. The number of carbonyl (C=O) groups excluding carboxylic acids is 6. The summed E-state index contributed by atoms with van der Waals surface area (Å²) < 4.78 is 0. The number of nitrogens with one attached hydrogen (secondary N) is 6. The Labute approximate surface area is 332 Å². The molecule has 0 saturated carbocycles. The van der Waals surface area contributed by atoms with E-state index in [0.717, 1.165) is 0 Å². The van der Waals surface area contributed by atoms with Crippen LogP contribution in [0.25, 0.3) is 0 Å². The van der Waals surface area contributed by atoms with Gasteiger partial charge in [0.2, 0.25) is 35.4 Å². The Morgan fingerprint density at radius 1 is 0.714 bits per heavy atom. The molecule has 18 nitrogen and oxygen atoms in total. The monoisotopic (exact) mass is 808 g/mol. The average Bonchev–Trinajstić information content (AvgIpc) is 3.12. The summed E-state index contributed by atoms with van der Waals surface area (Å²) in [6.07, 6.45) is 2.60. The van der Waals surface area contributed by atoms with Crippen molar-refractivity contribution in [1.82, 2.24) is 31.9 Å². The largest absolute Gasteiger partial charge is 0.481 e. The van der Waals surface area contributed by atoms with Crippen LogP contribution < -0.4 is 43.4 Å². The number of nitrogens with two attached hydrogens (primary N) is 2. The summed E-state index contributed by atoms with van der Waals surface area (Å²) in [5.41, 5.74) is 12.0. The van der Waals surface area contributed by atoms with Crippen molar-refractivity contribution in [3.63, 3.8) is 0 Å². The van der Waals surface area contributed by atoms with Crippen LogP contribution in [0.2, 0.25) is 0 Å². The third kappa shape index (κ3) is 19.2. The number of carboxylic acids is 2. The Bertz CT molecular complexity index is 1470. The molecule has 6 amide bonds. The summed E-state index contributed by atoms with van der Waals surface area (Å²) in [7, 11) is 0. The number of carbonyl (C=O) groups is 8. The van der Waals surface area contributed by atoms with Crippen molar-refractivity contribution < 1.29 is 48.6 Å². The highest BCUT2D eigenvalue weighted by molar-refractivity contribution is 7.98. The fourth-order valence-electron chi connectivity index (χ4n) is 5.44. The molecular formula is C37H60N8O10S. The second kappa shape index (κ2) is 26.2. The summed E-state index contributed by atoms with van der Waals surface area (Å²) >= 11 is 1.41. The third-order valence-electron chi connectivity index (χ3n) is 8.48. The molecule has 0 aromatic heterocycles. The zero-order valence-electron chi connectivity index (χ0n) is 32.8. The van der Waals surface area contributed by atoms with Gasteiger partial charge in [-0.25, -0.2) is 4.79 Å². The van der Waals surface area contributed by atoms with E-state index < -0.39 is 103 Å². The van der Waals surface area contributed by atoms with E-state index >= 15 is 0 Å². The van der Waals surface area contributed by atoms with Gasteiger partial charge in [0.25, 0.3) is 0 Å². The molecule has 0 aliphatic heterocycles. The molecule has 1 rings (SSSR count). The van der Waals surface area contributed by atoms with Crippen molar-refractivity contribution in [3.05, 3.63) is 35.9 Å². The molecule has 0 spiro atoms. The molecule has 19 heteroatoms. The van der Waals surface area contributed by atoms with Crippen LogP contribution in [-0.2, 0) is 44.8 Å². The Hall–Kier alpha value is -4.75. The number of carboxylic acid groups (broad SMARTS) is 2. The lowest BCUT2D eigenvalue weighted by molar-refractivity contribution is -0.142. The smallest absolute Gasteiger partial charge is 0.326 e. The van der Waals surface area contributed by atoms with Crippen molar-refractivity contribution in [1.29, 1.82) is 0 Å². The summed E-state index contributed by atoms with van der Waals surface area (Å²) in [6, 6.07) is 1.46. The van der Waals surface area contributed by atoms with Gasteiger partial charge in [-0.2, -0.15) is 11.8 Å². The Balaban J connectivity index is 3.26. The molecule has 0 radical (unpaired) electrons. The highest BCUT2D eigenvalue weighted by Gasteiger charge is 2.33. The Kier molecular flexibility index (Phi) is 23.0. The van der Waals surface area contributed by atoms with Crippen LogP contribution in [0.1, 0.15) is 71.8 Å². The first-order valence-corrected chi connectivity index (χ1v) is 20.0. The van der Waals surface area contributed by atoms with Gasteiger partial charge < -0.3 is 53.6 Å². The predicted octanol–water partition coefficient (Wildman–Crippen LogP) is -0.760. The number of thioether (sulfide) groups is 1.